The number of benzene rings is 1. The van der Waals surface area contributed by atoms with Crippen molar-refractivity contribution in [2.75, 3.05) is 23.8 Å². The van der Waals surface area contributed by atoms with Crippen LogP contribution in [0, 0.1) is 17.7 Å². The Morgan fingerprint density at radius 1 is 1.23 bits per heavy atom. The fraction of sp³-hybridized carbons (Fsp3) is 0.393. The van der Waals surface area contributed by atoms with Crippen LogP contribution in [0.25, 0.3) is 11.3 Å². The summed E-state index contributed by atoms with van der Waals surface area (Å²) in [7, 11) is -4.30. The minimum Gasteiger partial charge on any atom is -0.493 e. The fourth-order valence-corrected chi connectivity index (χ4v) is 5.41. The molecule has 3 N–H and O–H groups in total. The van der Waals surface area contributed by atoms with E-state index in [2.05, 4.69) is 16.6 Å². The molecule has 0 spiro atoms. The first-order valence-corrected chi connectivity index (χ1v) is 14.3. The highest BCUT2D eigenvalue weighted by Gasteiger charge is 2.41. The Hall–Kier alpha value is -3.73. The molecule has 3 heterocycles. The van der Waals surface area contributed by atoms with Crippen molar-refractivity contribution in [3.63, 3.8) is 0 Å². The van der Waals surface area contributed by atoms with Crippen LogP contribution in [-0.4, -0.2) is 43.0 Å². The first-order chi connectivity index (χ1) is 18.3. The first-order valence-electron chi connectivity index (χ1n) is 12.8. The summed E-state index contributed by atoms with van der Waals surface area (Å²) < 4.78 is 48.2. The lowest BCUT2D eigenvalue weighted by Gasteiger charge is -2.36. The maximum absolute atomic E-state index is 14.5. The number of aromatic nitrogens is 2. The summed E-state index contributed by atoms with van der Waals surface area (Å²) in [4.78, 5) is 24.0. The zero-order valence-electron chi connectivity index (χ0n) is 22.7. The number of sulfonamides is 1. The molecular weight excluding hydrogens is 521 g/mol. The monoisotopic (exact) mass is 559 g/mol. The fourth-order valence-electron chi connectivity index (χ4n) is 4.47. The van der Waals surface area contributed by atoms with Crippen LogP contribution in [0.5, 0.6) is 5.75 Å². The van der Waals surface area contributed by atoms with E-state index >= 15 is 0 Å². The van der Waals surface area contributed by atoms with Crippen LogP contribution in [0.2, 0.25) is 0 Å². The van der Waals surface area contributed by atoms with Crippen molar-refractivity contribution < 1.29 is 25.2 Å². The number of hydrogen-bond donors (Lipinski definition) is 2. The third-order valence-corrected chi connectivity index (χ3v) is 8.29. The van der Waals surface area contributed by atoms with Crippen LogP contribution in [-0.2, 0) is 10.0 Å². The van der Waals surface area contributed by atoms with E-state index in [1.807, 2.05) is 32.6 Å². The maximum atomic E-state index is 14.5. The molecule has 1 saturated heterocycles. The predicted octanol–water partition coefficient (Wildman–Crippen LogP) is 5.14. The van der Waals surface area contributed by atoms with Crippen molar-refractivity contribution in [2.45, 2.75) is 51.6 Å². The van der Waals surface area contributed by atoms with Gasteiger partial charge in [-0.2, -0.15) is 8.42 Å². The molecule has 1 aromatic carbocycles. The molecule has 1 atom stereocenters. The van der Waals surface area contributed by atoms with E-state index in [1.165, 1.54) is 36.4 Å². The van der Waals surface area contributed by atoms with Crippen LogP contribution in [0.15, 0.2) is 53.6 Å². The lowest BCUT2D eigenvalue weighted by molar-refractivity contribution is 0.0981. The molecule has 2 aromatic heterocycles. The number of nitrogens with one attached hydrogen (secondary N) is 1. The first kappa shape index (κ1) is 28.3. The van der Waals surface area contributed by atoms with E-state index < -0.39 is 21.7 Å². The predicted molar refractivity (Wildman–Crippen MR) is 153 cm³/mol. The van der Waals surface area contributed by atoms with Gasteiger partial charge in [-0.3, -0.25) is 4.79 Å². The summed E-state index contributed by atoms with van der Waals surface area (Å²) in [6.45, 7) is 11.3. The Labute approximate surface area is 231 Å². The number of ether oxygens (including phenoxy) is 1. The topological polar surface area (TPSA) is 128 Å². The number of nitrogens with zero attached hydrogens (tertiary/aromatic N) is 3. The van der Waals surface area contributed by atoms with E-state index in [0.717, 1.165) is 6.42 Å². The van der Waals surface area contributed by atoms with Gasteiger partial charge in [-0.25, -0.2) is 19.1 Å². The van der Waals surface area contributed by atoms with Crippen molar-refractivity contribution in [3.8, 4) is 17.0 Å². The van der Waals surface area contributed by atoms with Crippen LogP contribution in [0.1, 0.15) is 54.3 Å². The second-order valence-electron chi connectivity index (χ2n) is 10.8. The van der Waals surface area contributed by atoms with Gasteiger partial charge in [0, 0.05) is 26.6 Å². The number of nitrogen functional groups attached to an aromatic ring is 1. The van der Waals surface area contributed by atoms with Gasteiger partial charge in [0.15, 0.2) is 5.03 Å². The van der Waals surface area contributed by atoms with Gasteiger partial charge in [-0.15, -0.1) is 0 Å². The maximum Gasteiger partial charge on any atom is 0.281 e. The SMILES string of the molecule is CC(C)COc1cc(F)cc(-c2ccc(C(=O)NS(=O)(=O)c3cccc(N)n3)c(N3CCC(C)C3(C)C)n2)c1.[HH].[HH]. The number of halogens is 1. The van der Waals surface area contributed by atoms with Gasteiger partial charge in [-0.05, 0) is 68.5 Å². The van der Waals surface area contributed by atoms with Gasteiger partial charge in [0.05, 0.1) is 17.9 Å². The number of carbonyl (C=O) groups is 1. The minimum atomic E-state index is -4.30. The number of amides is 1. The van der Waals surface area contributed by atoms with Crippen molar-refractivity contribution >= 4 is 27.6 Å². The molecule has 1 unspecified atom stereocenters. The zero-order valence-corrected chi connectivity index (χ0v) is 23.5. The van der Waals surface area contributed by atoms with Crippen molar-refractivity contribution in [3.05, 3.63) is 59.9 Å². The molecule has 11 heteroatoms. The number of rotatable bonds is 8. The Balaban J connectivity index is 0.00000294. The Morgan fingerprint density at radius 2 is 1.97 bits per heavy atom. The van der Waals surface area contributed by atoms with Gasteiger partial charge < -0.3 is 15.4 Å². The van der Waals surface area contributed by atoms with E-state index in [-0.39, 0.29) is 36.6 Å². The molecule has 3 aromatic rings. The molecule has 4 rings (SSSR count). The minimum absolute atomic E-state index is 0. The third kappa shape index (κ3) is 6.13. The number of carbonyl (C=O) groups excluding carboxylic acids is 1. The molecule has 9 nitrogen and oxygen atoms in total. The lowest BCUT2D eigenvalue weighted by Crippen LogP contribution is -2.43. The smallest absolute Gasteiger partial charge is 0.281 e. The summed E-state index contributed by atoms with van der Waals surface area (Å²) in [6.07, 6.45) is 0.860. The van der Waals surface area contributed by atoms with Crippen LogP contribution in [0.4, 0.5) is 16.0 Å². The van der Waals surface area contributed by atoms with E-state index in [0.29, 0.717) is 36.0 Å². The highest BCUT2D eigenvalue weighted by Crippen LogP contribution is 2.39. The molecule has 1 amide bonds. The molecule has 1 aliphatic heterocycles. The van der Waals surface area contributed by atoms with E-state index in [9.17, 15) is 17.6 Å². The largest absolute Gasteiger partial charge is 0.493 e. The molecule has 0 aliphatic carbocycles. The number of pyridine rings is 2. The quantitative estimate of drug-likeness (QED) is 0.389. The standard InChI is InChI=1S/C28H34FN5O4S.2H2/c1-17(2)16-38-21-14-19(13-20(29)15-21)23-10-9-22(26(31-23)34-12-11-18(3)28(34,4)5)27(35)33-39(36,37)25-8-6-7-24(30)32-25;;/h6-10,13-15,17-18H,11-12,16H2,1-5H3,(H2,30,32)(H,33,35);2*1H. The normalized spacial score (nSPS) is 16.9. The summed E-state index contributed by atoms with van der Waals surface area (Å²) in [5.74, 6) is -0.0989. The van der Waals surface area contributed by atoms with Crippen LogP contribution < -0.4 is 20.1 Å². The van der Waals surface area contributed by atoms with Gasteiger partial charge in [-0.1, -0.05) is 26.8 Å². The number of anilines is 2. The van der Waals surface area contributed by atoms with Crippen molar-refractivity contribution in [1.29, 1.82) is 0 Å². The Bertz CT molecular complexity index is 1500. The third-order valence-electron chi connectivity index (χ3n) is 7.06. The Morgan fingerprint density at radius 3 is 2.62 bits per heavy atom. The molecule has 1 aliphatic rings. The second-order valence-corrected chi connectivity index (χ2v) is 12.4. The van der Waals surface area contributed by atoms with Crippen molar-refractivity contribution in [2.24, 2.45) is 11.8 Å². The van der Waals surface area contributed by atoms with E-state index in [4.69, 9.17) is 15.5 Å². The van der Waals surface area contributed by atoms with Gasteiger partial charge in [0.25, 0.3) is 15.9 Å². The molecule has 212 valence electrons. The average molecular weight is 560 g/mol. The number of nitrogens with two attached hydrogens (primary N) is 1. The van der Waals surface area contributed by atoms with Crippen LogP contribution >= 0.6 is 0 Å². The summed E-state index contributed by atoms with van der Waals surface area (Å²) in [6, 6.07) is 11.6. The molecule has 0 radical (unpaired) electrons. The number of hydrogen-bond acceptors (Lipinski definition) is 8. The molecule has 0 bridgehead atoms. The summed E-state index contributed by atoms with van der Waals surface area (Å²) in [5.41, 5.74) is 6.23. The van der Waals surface area contributed by atoms with Gasteiger partial charge in [0.1, 0.15) is 23.2 Å². The molecule has 0 saturated carbocycles. The summed E-state index contributed by atoms with van der Waals surface area (Å²) >= 11 is 0. The molecular formula is C28H38FN5O4S. The van der Waals surface area contributed by atoms with E-state index in [1.54, 1.807) is 12.1 Å². The summed E-state index contributed by atoms with van der Waals surface area (Å²) in [5, 5.41) is -0.370. The van der Waals surface area contributed by atoms with Crippen LogP contribution in [0.3, 0.4) is 0 Å². The molecule has 1 fully saturated rings. The van der Waals surface area contributed by atoms with Gasteiger partial charge in [0.2, 0.25) is 0 Å². The van der Waals surface area contributed by atoms with Crippen molar-refractivity contribution in [1.82, 2.24) is 14.7 Å². The second kappa shape index (κ2) is 10.8. The zero-order chi connectivity index (χ0) is 28.5. The average Bonchev–Trinajstić information content (AvgIpc) is 3.13. The highest BCUT2D eigenvalue weighted by atomic mass is 32.2. The van der Waals surface area contributed by atoms with Gasteiger partial charge >= 0.3 is 0 Å². The highest BCUT2D eigenvalue weighted by molar-refractivity contribution is 7.90. The Kier molecular flexibility index (Phi) is 7.83. The lowest BCUT2D eigenvalue weighted by atomic mass is 9.90. The molecule has 39 heavy (non-hydrogen) atoms.